The standard InChI is InChI=1S/C21H28N4O4S/c1-15(2)23-21(26)19-13-16(7-8-20(19)25-11-9-22-10-12-25)24-30(27,28)18-6-4-5-17(14-18)29-3/h4-8,13-15,22,24H,9-12H2,1-3H3,(H,23,26). The second kappa shape index (κ2) is 9.36. The SMILES string of the molecule is COc1cccc(S(=O)(=O)Nc2ccc(N3CCNCC3)c(C(=O)NC(C)C)c2)c1. The molecule has 9 heteroatoms. The minimum absolute atomic E-state index is 0.0366. The number of amides is 1. The molecule has 1 aliphatic rings. The van der Waals surface area contributed by atoms with E-state index >= 15 is 0 Å². The highest BCUT2D eigenvalue weighted by atomic mass is 32.2. The molecule has 1 aliphatic heterocycles. The molecule has 0 aliphatic carbocycles. The average Bonchev–Trinajstić information content (AvgIpc) is 2.73. The molecule has 3 rings (SSSR count). The number of anilines is 2. The van der Waals surface area contributed by atoms with E-state index < -0.39 is 10.0 Å². The number of nitrogens with one attached hydrogen (secondary N) is 3. The second-order valence-electron chi connectivity index (χ2n) is 7.38. The zero-order valence-electron chi connectivity index (χ0n) is 17.4. The third-order valence-corrected chi connectivity index (χ3v) is 6.10. The lowest BCUT2D eigenvalue weighted by molar-refractivity contribution is 0.0943. The average molecular weight is 433 g/mol. The minimum atomic E-state index is -3.83. The molecule has 1 heterocycles. The number of hydrogen-bond acceptors (Lipinski definition) is 6. The van der Waals surface area contributed by atoms with Crippen molar-refractivity contribution in [3.8, 4) is 5.75 Å². The topological polar surface area (TPSA) is 99.8 Å². The Kier molecular flexibility index (Phi) is 6.84. The predicted octanol–water partition coefficient (Wildman–Crippen LogP) is 2.04. The fraction of sp³-hybridized carbons (Fsp3) is 0.381. The first-order valence-corrected chi connectivity index (χ1v) is 11.4. The van der Waals surface area contributed by atoms with Gasteiger partial charge < -0.3 is 20.3 Å². The van der Waals surface area contributed by atoms with Crippen LogP contribution in [0, 0.1) is 0 Å². The van der Waals surface area contributed by atoms with Gasteiger partial charge in [0.1, 0.15) is 5.75 Å². The van der Waals surface area contributed by atoms with Crippen LogP contribution in [-0.2, 0) is 10.0 Å². The second-order valence-corrected chi connectivity index (χ2v) is 9.06. The smallest absolute Gasteiger partial charge is 0.262 e. The number of rotatable bonds is 7. The quantitative estimate of drug-likeness (QED) is 0.619. The van der Waals surface area contributed by atoms with Crippen molar-refractivity contribution in [2.24, 2.45) is 0 Å². The number of piperazine rings is 1. The van der Waals surface area contributed by atoms with E-state index in [1.807, 2.05) is 13.8 Å². The summed E-state index contributed by atoms with van der Waals surface area (Å²) in [6, 6.07) is 11.3. The van der Waals surface area contributed by atoms with Gasteiger partial charge in [-0.15, -0.1) is 0 Å². The van der Waals surface area contributed by atoms with Gasteiger partial charge in [0.05, 0.1) is 17.6 Å². The van der Waals surface area contributed by atoms with Gasteiger partial charge in [0, 0.05) is 49.7 Å². The molecule has 0 bridgehead atoms. The van der Waals surface area contributed by atoms with Crippen LogP contribution in [0.3, 0.4) is 0 Å². The van der Waals surface area contributed by atoms with E-state index in [1.54, 1.807) is 30.3 Å². The maximum atomic E-state index is 12.8. The molecule has 0 radical (unpaired) electrons. The summed E-state index contributed by atoms with van der Waals surface area (Å²) in [5.74, 6) is 0.213. The highest BCUT2D eigenvalue weighted by molar-refractivity contribution is 7.92. The van der Waals surface area contributed by atoms with Crippen molar-refractivity contribution in [2.45, 2.75) is 24.8 Å². The Morgan fingerprint density at radius 3 is 2.53 bits per heavy atom. The molecule has 8 nitrogen and oxygen atoms in total. The van der Waals surface area contributed by atoms with E-state index in [0.717, 1.165) is 31.9 Å². The van der Waals surface area contributed by atoms with Crippen LogP contribution in [0.15, 0.2) is 47.4 Å². The number of nitrogens with zero attached hydrogens (tertiary/aromatic N) is 1. The number of carbonyl (C=O) groups is 1. The van der Waals surface area contributed by atoms with E-state index in [2.05, 4.69) is 20.3 Å². The molecule has 0 unspecified atom stereocenters. The summed E-state index contributed by atoms with van der Waals surface area (Å²) in [4.78, 5) is 15.1. The van der Waals surface area contributed by atoms with E-state index in [-0.39, 0.29) is 16.8 Å². The van der Waals surface area contributed by atoms with Gasteiger partial charge >= 0.3 is 0 Å². The maximum Gasteiger partial charge on any atom is 0.262 e. The fourth-order valence-electron chi connectivity index (χ4n) is 3.29. The van der Waals surface area contributed by atoms with Gasteiger partial charge in [-0.1, -0.05) is 6.07 Å². The summed E-state index contributed by atoms with van der Waals surface area (Å²) in [6.45, 7) is 6.98. The predicted molar refractivity (Wildman–Crippen MR) is 118 cm³/mol. The lowest BCUT2D eigenvalue weighted by Crippen LogP contribution is -2.44. The highest BCUT2D eigenvalue weighted by Crippen LogP contribution is 2.27. The van der Waals surface area contributed by atoms with Gasteiger partial charge in [0.2, 0.25) is 0 Å². The fourth-order valence-corrected chi connectivity index (χ4v) is 4.37. The van der Waals surface area contributed by atoms with Gasteiger partial charge in [0.15, 0.2) is 0 Å². The van der Waals surface area contributed by atoms with Crippen LogP contribution in [0.1, 0.15) is 24.2 Å². The molecular formula is C21H28N4O4S. The van der Waals surface area contributed by atoms with Crippen LogP contribution in [0.5, 0.6) is 5.75 Å². The van der Waals surface area contributed by atoms with Crippen molar-refractivity contribution in [3.63, 3.8) is 0 Å². The van der Waals surface area contributed by atoms with E-state index in [9.17, 15) is 13.2 Å². The van der Waals surface area contributed by atoms with Crippen molar-refractivity contribution >= 4 is 27.3 Å². The molecule has 3 N–H and O–H groups in total. The van der Waals surface area contributed by atoms with Gasteiger partial charge in [-0.05, 0) is 44.2 Å². The minimum Gasteiger partial charge on any atom is -0.497 e. The zero-order valence-corrected chi connectivity index (χ0v) is 18.3. The van der Waals surface area contributed by atoms with Crippen molar-refractivity contribution in [1.29, 1.82) is 0 Å². The molecule has 0 spiro atoms. The monoisotopic (exact) mass is 432 g/mol. The summed E-state index contributed by atoms with van der Waals surface area (Å²) in [7, 11) is -2.35. The first-order valence-electron chi connectivity index (χ1n) is 9.87. The number of carbonyl (C=O) groups excluding carboxylic acids is 1. The molecule has 1 saturated heterocycles. The Morgan fingerprint density at radius 2 is 1.87 bits per heavy atom. The largest absolute Gasteiger partial charge is 0.497 e. The number of hydrogen-bond donors (Lipinski definition) is 3. The third kappa shape index (κ3) is 5.22. The molecule has 0 aromatic heterocycles. The van der Waals surface area contributed by atoms with Gasteiger partial charge in [-0.25, -0.2) is 8.42 Å². The lowest BCUT2D eigenvalue weighted by atomic mass is 10.1. The number of ether oxygens (including phenoxy) is 1. The Hall–Kier alpha value is -2.78. The molecule has 162 valence electrons. The summed E-state index contributed by atoms with van der Waals surface area (Å²) >= 11 is 0. The lowest BCUT2D eigenvalue weighted by Gasteiger charge is -2.31. The van der Waals surface area contributed by atoms with Crippen LogP contribution in [0.2, 0.25) is 0 Å². The summed E-state index contributed by atoms with van der Waals surface area (Å²) < 4.78 is 33.3. The van der Waals surface area contributed by atoms with E-state index in [1.165, 1.54) is 19.2 Å². The van der Waals surface area contributed by atoms with Crippen LogP contribution >= 0.6 is 0 Å². The van der Waals surface area contributed by atoms with E-state index in [4.69, 9.17) is 4.74 Å². The number of methoxy groups -OCH3 is 1. The van der Waals surface area contributed by atoms with Crippen LogP contribution in [-0.4, -0.2) is 53.7 Å². The summed E-state index contributed by atoms with van der Waals surface area (Å²) in [5.41, 5.74) is 1.56. The molecule has 2 aromatic rings. The normalized spacial score (nSPS) is 14.5. The third-order valence-electron chi connectivity index (χ3n) is 4.72. The van der Waals surface area contributed by atoms with E-state index in [0.29, 0.717) is 17.0 Å². The maximum absolute atomic E-state index is 12.8. The first-order chi connectivity index (χ1) is 14.3. The highest BCUT2D eigenvalue weighted by Gasteiger charge is 2.21. The molecule has 0 saturated carbocycles. The molecular weight excluding hydrogens is 404 g/mol. The zero-order chi connectivity index (χ0) is 21.7. The molecule has 1 fully saturated rings. The van der Waals surface area contributed by atoms with Gasteiger partial charge in [-0.3, -0.25) is 9.52 Å². The van der Waals surface area contributed by atoms with Crippen LogP contribution < -0.4 is 25.0 Å². The summed E-state index contributed by atoms with van der Waals surface area (Å²) in [6.07, 6.45) is 0. The van der Waals surface area contributed by atoms with Crippen molar-refractivity contribution in [2.75, 3.05) is 42.9 Å². The molecule has 0 atom stereocenters. The van der Waals surface area contributed by atoms with Crippen molar-refractivity contribution < 1.29 is 17.9 Å². The first kappa shape index (κ1) is 21.9. The molecule has 2 aromatic carbocycles. The Bertz CT molecular complexity index is 1000. The Labute approximate surface area is 177 Å². The van der Waals surface area contributed by atoms with Crippen molar-refractivity contribution in [1.82, 2.24) is 10.6 Å². The Morgan fingerprint density at radius 1 is 1.13 bits per heavy atom. The van der Waals surface area contributed by atoms with Gasteiger partial charge in [-0.2, -0.15) is 0 Å². The molecule has 30 heavy (non-hydrogen) atoms. The van der Waals surface area contributed by atoms with Gasteiger partial charge in [0.25, 0.3) is 15.9 Å². The van der Waals surface area contributed by atoms with Crippen LogP contribution in [0.4, 0.5) is 11.4 Å². The number of benzene rings is 2. The Balaban J connectivity index is 1.93. The van der Waals surface area contributed by atoms with Crippen LogP contribution in [0.25, 0.3) is 0 Å². The molecule has 1 amide bonds. The number of sulfonamides is 1. The van der Waals surface area contributed by atoms with Crippen molar-refractivity contribution in [3.05, 3.63) is 48.0 Å². The summed E-state index contributed by atoms with van der Waals surface area (Å²) in [5, 5.41) is 6.19.